The first-order valence-electron chi connectivity index (χ1n) is 8.58. The van der Waals surface area contributed by atoms with Crippen LogP contribution in [0.3, 0.4) is 0 Å². The minimum absolute atomic E-state index is 0.175. The van der Waals surface area contributed by atoms with Crippen molar-refractivity contribution in [2.24, 2.45) is 0 Å². The van der Waals surface area contributed by atoms with Crippen molar-refractivity contribution < 1.29 is 14.7 Å². The Hall–Kier alpha value is -1.92. The number of aliphatic carboxylic acids is 1. The van der Waals surface area contributed by atoms with Crippen LogP contribution in [-0.2, 0) is 11.3 Å². The normalized spacial score (nSPS) is 22.7. The molecule has 0 aliphatic carbocycles. The molecule has 1 atom stereocenters. The second-order valence-electron chi connectivity index (χ2n) is 6.77. The number of carbonyl (C=O) groups excluding carboxylic acids is 1. The fourth-order valence-electron chi connectivity index (χ4n) is 3.45. The maximum absolute atomic E-state index is 12.5. The van der Waals surface area contributed by atoms with E-state index in [4.69, 9.17) is 0 Å². The molecule has 130 valence electrons. The average Bonchev–Trinajstić information content (AvgIpc) is 3.07. The van der Waals surface area contributed by atoms with Crippen LogP contribution < -0.4 is 0 Å². The minimum atomic E-state index is -0.910. The molecule has 0 radical (unpaired) electrons. The van der Waals surface area contributed by atoms with E-state index in [2.05, 4.69) is 16.8 Å². The Morgan fingerprint density at radius 2 is 1.75 bits per heavy atom. The SMILES string of the molecule is CN1CCN(Cc2ccc(C(=O)N3CCC[C@@H]3C(=O)O)cc2)CC1. The van der Waals surface area contributed by atoms with E-state index < -0.39 is 12.0 Å². The molecule has 1 N–H and O–H groups in total. The zero-order valence-electron chi connectivity index (χ0n) is 14.1. The topological polar surface area (TPSA) is 64.1 Å². The molecule has 1 aromatic rings. The number of carbonyl (C=O) groups is 2. The zero-order chi connectivity index (χ0) is 17.1. The van der Waals surface area contributed by atoms with E-state index in [0.29, 0.717) is 18.5 Å². The molecule has 2 aliphatic heterocycles. The van der Waals surface area contributed by atoms with Crippen molar-refractivity contribution in [1.82, 2.24) is 14.7 Å². The Balaban J connectivity index is 1.61. The largest absolute Gasteiger partial charge is 0.480 e. The van der Waals surface area contributed by atoms with Crippen LogP contribution in [-0.4, -0.2) is 77.5 Å². The molecule has 2 saturated heterocycles. The van der Waals surface area contributed by atoms with Gasteiger partial charge < -0.3 is 14.9 Å². The summed E-state index contributed by atoms with van der Waals surface area (Å²) in [6, 6.07) is 6.94. The first-order chi connectivity index (χ1) is 11.5. The quantitative estimate of drug-likeness (QED) is 0.896. The lowest BCUT2D eigenvalue weighted by Gasteiger charge is -2.32. The summed E-state index contributed by atoms with van der Waals surface area (Å²) in [5.41, 5.74) is 1.76. The Morgan fingerprint density at radius 1 is 1.08 bits per heavy atom. The molecule has 0 saturated carbocycles. The number of piperazine rings is 1. The van der Waals surface area contributed by atoms with Crippen LogP contribution >= 0.6 is 0 Å². The Kier molecular flexibility index (Phi) is 5.16. The molecule has 0 bridgehead atoms. The monoisotopic (exact) mass is 331 g/mol. The molecule has 2 fully saturated rings. The Bertz CT molecular complexity index is 594. The van der Waals surface area contributed by atoms with Crippen molar-refractivity contribution >= 4 is 11.9 Å². The molecule has 24 heavy (non-hydrogen) atoms. The molecule has 6 heteroatoms. The molecule has 2 aliphatic rings. The third-order valence-corrected chi connectivity index (χ3v) is 5.00. The summed E-state index contributed by atoms with van der Waals surface area (Å²) in [6.45, 7) is 5.71. The maximum Gasteiger partial charge on any atom is 0.326 e. The van der Waals surface area contributed by atoms with Crippen LogP contribution in [0.15, 0.2) is 24.3 Å². The van der Waals surface area contributed by atoms with E-state index in [1.165, 1.54) is 10.5 Å². The van der Waals surface area contributed by atoms with Gasteiger partial charge in [-0.1, -0.05) is 12.1 Å². The maximum atomic E-state index is 12.5. The van der Waals surface area contributed by atoms with Gasteiger partial charge in [-0.25, -0.2) is 4.79 Å². The highest BCUT2D eigenvalue weighted by Crippen LogP contribution is 2.21. The van der Waals surface area contributed by atoms with Crippen molar-refractivity contribution in [1.29, 1.82) is 0 Å². The van der Waals surface area contributed by atoms with Crippen LogP contribution in [0.1, 0.15) is 28.8 Å². The molecular weight excluding hydrogens is 306 g/mol. The zero-order valence-corrected chi connectivity index (χ0v) is 14.1. The number of hydrogen-bond donors (Lipinski definition) is 1. The van der Waals surface area contributed by atoms with E-state index in [1.54, 1.807) is 0 Å². The first-order valence-corrected chi connectivity index (χ1v) is 8.58. The number of rotatable bonds is 4. The summed E-state index contributed by atoms with van der Waals surface area (Å²) in [4.78, 5) is 30.0. The lowest BCUT2D eigenvalue weighted by molar-refractivity contribution is -0.141. The molecule has 1 aromatic carbocycles. The number of carboxylic acid groups (broad SMARTS) is 1. The van der Waals surface area contributed by atoms with Gasteiger partial charge in [0, 0.05) is 44.8 Å². The highest BCUT2D eigenvalue weighted by Gasteiger charge is 2.34. The van der Waals surface area contributed by atoms with E-state index in [1.807, 2.05) is 24.3 Å². The van der Waals surface area contributed by atoms with Crippen molar-refractivity contribution in [3.05, 3.63) is 35.4 Å². The number of carboxylic acids is 1. The number of benzene rings is 1. The number of likely N-dealkylation sites (N-methyl/N-ethyl adjacent to an activating group) is 1. The molecule has 0 aromatic heterocycles. The van der Waals surface area contributed by atoms with Gasteiger partial charge in [-0.15, -0.1) is 0 Å². The van der Waals surface area contributed by atoms with Gasteiger partial charge >= 0.3 is 5.97 Å². The van der Waals surface area contributed by atoms with Gasteiger partial charge in [0.2, 0.25) is 0 Å². The molecule has 1 amide bonds. The lowest BCUT2D eigenvalue weighted by atomic mass is 10.1. The van der Waals surface area contributed by atoms with Gasteiger partial charge in [0.15, 0.2) is 0 Å². The molecule has 0 spiro atoms. The van der Waals surface area contributed by atoms with Gasteiger partial charge in [0.05, 0.1) is 0 Å². The van der Waals surface area contributed by atoms with Crippen molar-refractivity contribution in [3.8, 4) is 0 Å². The highest BCUT2D eigenvalue weighted by molar-refractivity contribution is 5.97. The molecular formula is C18H25N3O3. The van der Waals surface area contributed by atoms with Crippen LogP contribution in [0.4, 0.5) is 0 Å². The Morgan fingerprint density at radius 3 is 2.38 bits per heavy atom. The first kappa shape index (κ1) is 16.9. The van der Waals surface area contributed by atoms with Crippen LogP contribution in [0.25, 0.3) is 0 Å². The number of amides is 1. The van der Waals surface area contributed by atoms with Crippen molar-refractivity contribution in [3.63, 3.8) is 0 Å². The van der Waals surface area contributed by atoms with Gasteiger partial charge in [-0.05, 0) is 37.6 Å². The smallest absolute Gasteiger partial charge is 0.326 e. The van der Waals surface area contributed by atoms with Crippen molar-refractivity contribution in [2.45, 2.75) is 25.4 Å². The third kappa shape index (κ3) is 3.76. The fourth-order valence-corrected chi connectivity index (χ4v) is 3.45. The molecule has 0 unspecified atom stereocenters. The van der Waals surface area contributed by atoms with Crippen LogP contribution in [0.5, 0.6) is 0 Å². The Labute approximate surface area is 142 Å². The van der Waals surface area contributed by atoms with Gasteiger partial charge in [-0.3, -0.25) is 9.69 Å². The average molecular weight is 331 g/mol. The minimum Gasteiger partial charge on any atom is -0.480 e. The van der Waals surface area contributed by atoms with Gasteiger partial charge in [0.25, 0.3) is 5.91 Å². The second-order valence-corrected chi connectivity index (χ2v) is 6.77. The van der Waals surface area contributed by atoms with E-state index in [-0.39, 0.29) is 5.91 Å². The standard InChI is InChI=1S/C18H25N3O3/c1-19-9-11-20(12-10-19)13-14-4-6-15(7-5-14)17(22)21-8-2-3-16(21)18(23)24/h4-7,16H,2-3,8-13H2,1H3,(H,23,24)/t16-/m1/s1. The van der Waals surface area contributed by atoms with Gasteiger partial charge in [-0.2, -0.15) is 0 Å². The second kappa shape index (κ2) is 7.32. The molecule has 2 heterocycles. The lowest BCUT2D eigenvalue weighted by Crippen LogP contribution is -2.43. The fraction of sp³-hybridized carbons (Fsp3) is 0.556. The summed E-state index contributed by atoms with van der Waals surface area (Å²) in [5.74, 6) is -1.08. The summed E-state index contributed by atoms with van der Waals surface area (Å²) >= 11 is 0. The summed E-state index contributed by atoms with van der Waals surface area (Å²) in [5, 5.41) is 9.22. The summed E-state index contributed by atoms with van der Waals surface area (Å²) in [7, 11) is 2.14. The summed E-state index contributed by atoms with van der Waals surface area (Å²) < 4.78 is 0. The highest BCUT2D eigenvalue weighted by atomic mass is 16.4. The van der Waals surface area contributed by atoms with E-state index >= 15 is 0 Å². The number of hydrogen-bond acceptors (Lipinski definition) is 4. The number of nitrogens with zero attached hydrogens (tertiary/aromatic N) is 3. The number of likely N-dealkylation sites (tertiary alicyclic amines) is 1. The van der Waals surface area contributed by atoms with E-state index in [0.717, 1.165) is 39.1 Å². The third-order valence-electron chi connectivity index (χ3n) is 5.00. The van der Waals surface area contributed by atoms with Crippen molar-refractivity contribution in [2.75, 3.05) is 39.8 Å². The predicted octanol–water partition coefficient (Wildman–Crippen LogP) is 1.12. The van der Waals surface area contributed by atoms with Crippen LogP contribution in [0, 0.1) is 0 Å². The molecule has 6 nitrogen and oxygen atoms in total. The predicted molar refractivity (Wildman–Crippen MR) is 90.9 cm³/mol. The molecule has 3 rings (SSSR count). The summed E-state index contributed by atoms with van der Waals surface area (Å²) in [6.07, 6.45) is 1.30. The van der Waals surface area contributed by atoms with Gasteiger partial charge in [0.1, 0.15) is 6.04 Å². The van der Waals surface area contributed by atoms with E-state index in [9.17, 15) is 14.7 Å². The van der Waals surface area contributed by atoms with Crippen LogP contribution in [0.2, 0.25) is 0 Å².